The van der Waals surface area contributed by atoms with Crippen molar-refractivity contribution in [2.45, 2.75) is 19.5 Å². The highest BCUT2D eigenvalue weighted by Gasteiger charge is 2.27. The van der Waals surface area contributed by atoms with Gasteiger partial charge < -0.3 is 9.47 Å². The highest BCUT2D eigenvalue weighted by atomic mass is 35.5. The van der Waals surface area contributed by atoms with Gasteiger partial charge in [-0.05, 0) is 30.7 Å². The second kappa shape index (κ2) is 7.39. The first-order chi connectivity index (χ1) is 15.0. The van der Waals surface area contributed by atoms with Crippen LogP contribution in [0, 0.1) is 5.82 Å². The molecule has 0 saturated heterocycles. The second-order valence-electron chi connectivity index (χ2n) is 7.51. The summed E-state index contributed by atoms with van der Waals surface area (Å²) in [7, 11) is 1.56. The molecule has 0 N–H and O–H groups in total. The van der Waals surface area contributed by atoms with E-state index < -0.39 is 17.1 Å². The molecule has 0 amide bonds. The lowest BCUT2D eigenvalue weighted by molar-refractivity contribution is 0.578. The quantitative estimate of drug-likeness (QED) is 0.491. The van der Waals surface area contributed by atoms with Gasteiger partial charge in [0.1, 0.15) is 5.82 Å². The summed E-state index contributed by atoms with van der Waals surface area (Å²) in [5, 5.41) is 0.166. The van der Waals surface area contributed by atoms with Gasteiger partial charge in [-0.25, -0.2) is 9.18 Å². The summed E-state index contributed by atoms with van der Waals surface area (Å²) < 4.78 is 18.5. The molecule has 9 heteroatoms. The maximum atomic E-state index is 14.3. The molecule has 0 atom stereocenters. The van der Waals surface area contributed by atoms with Crippen molar-refractivity contribution in [2.24, 2.45) is 7.05 Å². The fourth-order valence-corrected chi connectivity index (χ4v) is 4.32. The molecule has 1 aliphatic rings. The number of anilines is 2. The number of benzene rings is 2. The highest BCUT2D eigenvalue weighted by molar-refractivity contribution is 6.31. The van der Waals surface area contributed by atoms with Crippen LogP contribution in [0.2, 0.25) is 5.02 Å². The molecule has 0 saturated carbocycles. The van der Waals surface area contributed by atoms with Crippen LogP contribution in [0.15, 0.2) is 58.1 Å². The monoisotopic (exact) mass is 439 g/mol. The molecule has 158 valence electrons. The van der Waals surface area contributed by atoms with Crippen LogP contribution in [0.25, 0.3) is 11.2 Å². The first kappa shape index (κ1) is 19.6. The molecule has 31 heavy (non-hydrogen) atoms. The molecule has 0 aliphatic carbocycles. The van der Waals surface area contributed by atoms with Crippen LogP contribution in [0.4, 0.5) is 16.0 Å². The normalized spacial score (nSPS) is 13.6. The molecule has 3 heterocycles. The topological polar surface area (TPSA) is 65.1 Å². The molecular weight excluding hydrogens is 421 g/mol. The molecule has 7 nitrogen and oxygen atoms in total. The zero-order valence-corrected chi connectivity index (χ0v) is 17.5. The Bertz CT molecular complexity index is 1400. The zero-order valence-electron chi connectivity index (χ0n) is 16.8. The van der Waals surface area contributed by atoms with Crippen molar-refractivity contribution >= 4 is 34.4 Å². The van der Waals surface area contributed by atoms with E-state index in [0.717, 1.165) is 23.2 Å². The third-order valence-corrected chi connectivity index (χ3v) is 6.02. The summed E-state index contributed by atoms with van der Waals surface area (Å²) in [6, 6.07) is 14.1. The van der Waals surface area contributed by atoms with Crippen molar-refractivity contribution in [3.63, 3.8) is 0 Å². The van der Waals surface area contributed by atoms with Crippen LogP contribution >= 0.6 is 11.6 Å². The Morgan fingerprint density at radius 1 is 1.06 bits per heavy atom. The van der Waals surface area contributed by atoms with E-state index >= 15 is 0 Å². The Hall–Kier alpha value is -3.39. The first-order valence-corrected chi connectivity index (χ1v) is 10.3. The molecule has 2 aromatic carbocycles. The van der Waals surface area contributed by atoms with Gasteiger partial charge in [0, 0.05) is 36.4 Å². The third-order valence-electron chi connectivity index (χ3n) is 5.66. The number of halogens is 2. The zero-order chi connectivity index (χ0) is 21.7. The van der Waals surface area contributed by atoms with Crippen LogP contribution in [0.5, 0.6) is 0 Å². The van der Waals surface area contributed by atoms with Gasteiger partial charge in [-0.2, -0.15) is 4.98 Å². The molecule has 0 unspecified atom stereocenters. The van der Waals surface area contributed by atoms with Crippen molar-refractivity contribution in [2.75, 3.05) is 11.4 Å². The van der Waals surface area contributed by atoms with Crippen LogP contribution in [0.1, 0.15) is 12.0 Å². The molecule has 0 bridgehead atoms. The number of hydrogen-bond acceptors (Lipinski definition) is 4. The van der Waals surface area contributed by atoms with Crippen molar-refractivity contribution in [1.29, 1.82) is 0 Å². The van der Waals surface area contributed by atoms with Gasteiger partial charge in [0.15, 0.2) is 11.2 Å². The smallest absolute Gasteiger partial charge is 0.312 e. The van der Waals surface area contributed by atoms with Gasteiger partial charge in [-0.3, -0.25) is 13.9 Å². The maximum Gasteiger partial charge on any atom is 0.332 e. The largest absolute Gasteiger partial charge is 0.332 e. The van der Waals surface area contributed by atoms with Crippen molar-refractivity contribution in [1.82, 2.24) is 18.7 Å². The van der Waals surface area contributed by atoms with Crippen molar-refractivity contribution in [3.05, 3.63) is 85.8 Å². The van der Waals surface area contributed by atoms with E-state index in [9.17, 15) is 14.0 Å². The number of aromatic nitrogens is 4. The van der Waals surface area contributed by atoms with Gasteiger partial charge >= 0.3 is 5.69 Å². The Labute approximate surface area is 181 Å². The average molecular weight is 440 g/mol. The van der Waals surface area contributed by atoms with Gasteiger partial charge in [-0.15, -0.1) is 0 Å². The van der Waals surface area contributed by atoms with E-state index in [1.54, 1.807) is 7.05 Å². The second-order valence-corrected chi connectivity index (χ2v) is 7.92. The predicted octanol–water partition coefficient (Wildman–Crippen LogP) is 3.28. The minimum Gasteiger partial charge on any atom is -0.312 e. The third kappa shape index (κ3) is 3.06. The summed E-state index contributed by atoms with van der Waals surface area (Å²) in [5.41, 5.74) is 0.618. The lowest BCUT2D eigenvalue weighted by atomic mass is 10.2. The number of nitrogens with zero attached hydrogens (tertiary/aromatic N) is 5. The number of para-hydroxylation sites is 1. The van der Waals surface area contributed by atoms with E-state index in [1.165, 1.54) is 22.8 Å². The summed E-state index contributed by atoms with van der Waals surface area (Å²) in [6.45, 7) is 1.10. The van der Waals surface area contributed by atoms with Gasteiger partial charge in [0.05, 0.1) is 6.54 Å². The Kier molecular flexibility index (Phi) is 4.66. The van der Waals surface area contributed by atoms with Crippen LogP contribution in [-0.2, 0) is 20.1 Å². The molecule has 2 aromatic heterocycles. The molecule has 1 aliphatic heterocycles. The van der Waals surface area contributed by atoms with Crippen LogP contribution in [-0.4, -0.2) is 25.2 Å². The SMILES string of the molecule is Cn1c(=O)n(Cc2c(F)cccc2Cl)c(=O)c2c1nc1n2CCCN1c1ccccc1. The molecule has 5 rings (SSSR count). The standard InChI is InChI=1S/C22H19ClFN5O2/c1-26-19-18(20(30)29(22(26)31)13-15-16(23)9-5-10-17(15)24)28-12-6-11-27(21(28)25-19)14-7-3-2-4-8-14/h2-5,7-10H,6,11-13H2,1H3. The summed E-state index contributed by atoms with van der Waals surface area (Å²) in [4.78, 5) is 33.1. The Morgan fingerprint density at radius 3 is 2.58 bits per heavy atom. The summed E-state index contributed by atoms with van der Waals surface area (Å²) >= 11 is 6.13. The molecule has 0 radical (unpaired) electrons. The molecular formula is C22H19ClFN5O2. The highest BCUT2D eigenvalue weighted by Crippen LogP contribution is 2.30. The number of hydrogen-bond donors (Lipinski definition) is 0. The summed E-state index contributed by atoms with van der Waals surface area (Å²) in [6.07, 6.45) is 0.814. The molecule has 0 fully saturated rings. The average Bonchev–Trinajstić information content (AvgIpc) is 3.17. The van der Waals surface area contributed by atoms with Gasteiger partial charge in [0.25, 0.3) is 5.56 Å². The number of rotatable bonds is 3. The van der Waals surface area contributed by atoms with E-state index in [0.29, 0.717) is 23.7 Å². The van der Waals surface area contributed by atoms with Gasteiger partial charge in [-0.1, -0.05) is 35.9 Å². The van der Waals surface area contributed by atoms with Crippen LogP contribution < -0.4 is 16.1 Å². The molecule has 0 spiro atoms. The number of fused-ring (bicyclic) bond motifs is 3. The van der Waals surface area contributed by atoms with Crippen molar-refractivity contribution < 1.29 is 4.39 Å². The predicted molar refractivity (Wildman–Crippen MR) is 118 cm³/mol. The lowest BCUT2D eigenvalue weighted by Gasteiger charge is -2.28. The minimum absolute atomic E-state index is 0.104. The first-order valence-electron chi connectivity index (χ1n) is 9.93. The fourth-order valence-electron chi connectivity index (χ4n) is 4.10. The number of imidazole rings is 1. The summed E-state index contributed by atoms with van der Waals surface area (Å²) in [5.74, 6) is 0.0494. The van der Waals surface area contributed by atoms with Crippen LogP contribution in [0.3, 0.4) is 0 Å². The minimum atomic E-state index is -0.571. The fraction of sp³-hybridized carbons (Fsp3) is 0.227. The lowest BCUT2D eigenvalue weighted by Crippen LogP contribution is -2.40. The Balaban J connectivity index is 1.73. The Morgan fingerprint density at radius 2 is 1.84 bits per heavy atom. The van der Waals surface area contributed by atoms with E-state index in [-0.39, 0.29) is 17.1 Å². The van der Waals surface area contributed by atoms with E-state index in [2.05, 4.69) is 4.98 Å². The number of aryl methyl sites for hydroxylation is 2. The van der Waals surface area contributed by atoms with Gasteiger partial charge in [0.2, 0.25) is 5.95 Å². The maximum absolute atomic E-state index is 14.3. The van der Waals surface area contributed by atoms with E-state index in [1.807, 2.05) is 39.8 Å². The van der Waals surface area contributed by atoms with Crippen molar-refractivity contribution in [3.8, 4) is 0 Å². The van der Waals surface area contributed by atoms with E-state index in [4.69, 9.17) is 11.6 Å². The molecule has 4 aromatic rings.